The maximum Gasteiger partial charge on any atom is 0.138 e. The normalized spacial score (nSPS) is 11.9. The Hall–Kier alpha value is -2.68. The number of fused-ring (bicyclic) bond motifs is 1. The van der Waals surface area contributed by atoms with Crippen LogP contribution in [0.2, 0.25) is 5.02 Å². The first-order chi connectivity index (χ1) is 11.7. The van der Waals surface area contributed by atoms with E-state index in [0.717, 1.165) is 10.9 Å². The largest absolute Gasteiger partial charge is 0.490 e. The summed E-state index contributed by atoms with van der Waals surface area (Å²) in [6.45, 7) is 0.0743. The third kappa shape index (κ3) is 3.46. The van der Waals surface area contributed by atoms with Crippen LogP contribution in [0.25, 0.3) is 10.9 Å². The number of aliphatic hydroxyl groups excluding tert-OH is 1. The number of H-pyrrole nitrogens is 1. The highest BCUT2D eigenvalue weighted by Gasteiger charge is 2.12. The Balaban J connectivity index is 1.59. The lowest BCUT2D eigenvalue weighted by Gasteiger charge is -2.15. The molecule has 0 aliphatic rings. The van der Waals surface area contributed by atoms with Gasteiger partial charge in [-0.15, -0.1) is 0 Å². The maximum atomic E-state index is 10.1. The number of hydrogen-bond acceptors (Lipinski definition) is 4. The van der Waals surface area contributed by atoms with Crippen molar-refractivity contribution in [3.05, 3.63) is 59.2 Å². The van der Waals surface area contributed by atoms with E-state index in [4.69, 9.17) is 26.3 Å². The molecule has 122 valence electrons. The monoisotopic (exact) mass is 342 g/mol. The molecular weight excluding hydrogens is 328 g/mol. The first kappa shape index (κ1) is 16.2. The van der Waals surface area contributed by atoms with Crippen LogP contribution in [-0.2, 0) is 0 Å². The van der Waals surface area contributed by atoms with Gasteiger partial charge in [-0.25, -0.2) is 0 Å². The molecule has 3 rings (SSSR count). The van der Waals surface area contributed by atoms with Crippen LogP contribution in [-0.4, -0.2) is 29.4 Å². The van der Waals surface area contributed by atoms with Crippen LogP contribution >= 0.6 is 11.6 Å². The van der Waals surface area contributed by atoms with E-state index in [0.29, 0.717) is 16.5 Å². The number of aliphatic hydroxyl groups is 1. The highest BCUT2D eigenvalue weighted by molar-refractivity contribution is 6.31. The van der Waals surface area contributed by atoms with Crippen LogP contribution in [0.5, 0.6) is 11.5 Å². The molecule has 24 heavy (non-hydrogen) atoms. The van der Waals surface area contributed by atoms with Gasteiger partial charge in [0.2, 0.25) is 0 Å². The lowest BCUT2D eigenvalue weighted by molar-refractivity contribution is 0.0631. The van der Waals surface area contributed by atoms with Gasteiger partial charge in [-0.05, 0) is 30.3 Å². The van der Waals surface area contributed by atoms with E-state index < -0.39 is 6.10 Å². The molecule has 0 spiro atoms. The Morgan fingerprint density at radius 2 is 1.79 bits per heavy atom. The Morgan fingerprint density at radius 1 is 1.08 bits per heavy atom. The molecule has 1 atom stereocenters. The van der Waals surface area contributed by atoms with Crippen molar-refractivity contribution in [3.63, 3.8) is 0 Å². The summed E-state index contributed by atoms with van der Waals surface area (Å²) in [5.74, 6) is 1.03. The standard InChI is InChI=1S/C18H15ClN2O3/c19-15-3-1-5-18(14(15)9-20)24-11-12(22)10-23-17-6-2-4-16-13(17)7-8-21-16/h1-8,12,21-22H,10-11H2. The second-order valence-electron chi connectivity index (χ2n) is 5.20. The summed E-state index contributed by atoms with van der Waals surface area (Å²) in [6.07, 6.45) is 0.990. The molecule has 6 heteroatoms. The van der Waals surface area contributed by atoms with Crippen molar-refractivity contribution in [3.8, 4) is 17.6 Å². The van der Waals surface area contributed by atoms with E-state index in [1.807, 2.05) is 36.5 Å². The molecular formula is C18H15ClN2O3. The lowest BCUT2D eigenvalue weighted by Crippen LogP contribution is -2.25. The van der Waals surface area contributed by atoms with Gasteiger partial charge in [0.15, 0.2) is 0 Å². The van der Waals surface area contributed by atoms with Crippen LogP contribution in [0, 0.1) is 11.3 Å². The maximum absolute atomic E-state index is 10.1. The third-order valence-corrected chi connectivity index (χ3v) is 3.82. The van der Waals surface area contributed by atoms with Crippen molar-refractivity contribution in [2.75, 3.05) is 13.2 Å². The fourth-order valence-corrected chi connectivity index (χ4v) is 2.54. The molecule has 0 radical (unpaired) electrons. The van der Waals surface area contributed by atoms with Gasteiger partial charge in [0, 0.05) is 17.1 Å². The van der Waals surface area contributed by atoms with Gasteiger partial charge in [0.05, 0.1) is 5.02 Å². The SMILES string of the molecule is N#Cc1c(Cl)cccc1OCC(O)COc1cccc2[nH]ccc12. The molecule has 0 aliphatic heterocycles. The minimum absolute atomic E-state index is 0.00185. The van der Waals surface area contributed by atoms with Crippen molar-refractivity contribution in [1.82, 2.24) is 4.98 Å². The summed E-state index contributed by atoms with van der Waals surface area (Å²) in [6, 6.07) is 14.5. The van der Waals surface area contributed by atoms with E-state index in [9.17, 15) is 5.11 Å². The molecule has 0 aliphatic carbocycles. The summed E-state index contributed by atoms with van der Waals surface area (Å²) >= 11 is 5.94. The van der Waals surface area contributed by atoms with E-state index in [-0.39, 0.29) is 18.8 Å². The second kappa shape index (κ2) is 7.26. The number of nitriles is 1. The van der Waals surface area contributed by atoms with Gasteiger partial charge in [-0.3, -0.25) is 0 Å². The Labute approximate surface area is 144 Å². The minimum Gasteiger partial charge on any atom is -0.490 e. The van der Waals surface area contributed by atoms with E-state index >= 15 is 0 Å². The highest BCUT2D eigenvalue weighted by atomic mass is 35.5. The zero-order valence-electron chi connectivity index (χ0n) is 12.7. The summed E-state index contributed by atoms with van der Waals surface area (Å²) in [7, 11) is 0. The third-order valence-electron chi connectivity index (χ3n) is 3.50. The molecule has 5 nitrogen and oxygen atoms in total. The fraction of sp³-hybridized carbons (Fsp3) is 0.167. The van der Waals surface area contributed by atoms with Crippen molar-refractivity contribution in [1.29, 1.82) is 5.26 Å². The zero-order valence-corrected chi connectivity index (χ0v) is 13.5. The molecule has 0 amide bonds. The minimum atomic E-state index is -0.843. The number of nitrogens with zero attached hydrogens (tertiary/aromatic N) is 1. The second-order valence-corrected chi connectivity index (χ2v) is 5.60. The molecule has 0 saturated heterocycles. The molecule has 2 aromatic carbocycles. The fourth-order valence-electron chi connectivity index (χ4n) is 2.34. The van der Waals surface area contributed by atoms with E-state index in [1.54, 1.807) is 18.2 Å². The van der Waals surface area contributed by atoms with E-state index in [1.165, 1.54) is 0 Å². The van der Waals surface area contributed by atoms with Crippen molar-refractivity contribution in [2.24, 2.45) is 0 Å². The molecule has 0 fully saturated rings. The Kier molecular flexibility index (Phi) is 4.90. The molecule has 1 aromatic heterocycles. The molecule has 2 N–H and O–H groups in total. The van der Waals surface area contributed by atoms with Gasteiger partial charge in [-0.2, -0.15) is 5.26 Å². The highest BCUT2D eigenvalue weighted by Crippen LogP contribution is 2.26. The Morgan fingerprint density at radius 3 is 2.58 bits per heavy atom. The summed E-state index contributed by atoms with van der Waals surface area (Å²) in [5, 5.41) is 20.4. The number of benzene rings is 2. The topological polar surface area (TPSA) is 78.3 Å². The van der Waals surface area contributed by atoms with Crippen LogP contribution in [0.1, 0.15) is 5.56 Å². The first-order valence-electron chi connectivity index (χ1n) is 7.37. The zero-order chi connectivity index (χ0) is 16.9. The number of nitrogens with one attached hydrogen (secondary N) is 1. The quantitative estimate of drug-likeness (QED) is 0.718. The summed E-state index contributed by atoms with van der Waals surface area (Å²) < 4.78 is 11.2. The predicted molar refractivity (Wildman–Crippen MR) is 91.5 cm³/mol. The van der Waals surface area contributed by atoms with Crippen LogP contribution in [0.3, 0.4) is 0 Å². The molecule has 3 aromatic rings. The number of hydrogen-bond donors (Lipinski definition) is 2. The van der Waals surface area contributed by atoms with Crippen LogP contribution in [0.15, 0.2) is 48.7 Å². The first-order valence-corrected chi connectivity index (χ1v) is 7.75. The van der Waals surface area contributed by atoms with Crippen LogP contribution < -0.4 is 9.47 Å². The molecule has 1 unspecified atom stereocenters. The number of halogens is 1. The number of rotatable bonds is 6. The predicted octanol–water partition coefficient (Wildman–Crippen LogP) is 3.51. The van der Waals surface area contributed by atoms with Crippen LogP contribution in [0.4, 0.5) is 0 Å². The average molecular weight is 343 g/mol. The molecule has 0 saturated carbocycles. The van der Waals surface area contributed by atoms with Crippen molar-refractivity contribution >= 4 is 22.5 Å². The van der Waals surface area contributed by atoms with Gasteiger partial charge >= 0.3 is 0 Å². The Bertz CT molecular complexity index is 885. The number of aromatic amines is 1. The smallest absolute Gasteiger partial charge is 0.138 e. The molecule has 1 heterocycles. The van der Waals surface area contributed by atoms with E-state index in [2.05, 4.69) is 4.98 Å². The van der Waals surface area contributed by atoms with Gasteiger partial charge < -0.3 is 19.6 Å². The average Bonchev–Trinajstić information content (AvgIpc) is 3.07. The summed E-state index contributed by atoms with van der Waals surface area (Å²) in [4.78, 5) is 3.10. The number of ether oxygens (including phenoxy) is 2. The van der Waals surface area contributed by atoms with Crippen molar-refractivity contribution in [2.45, 2.75) is 6.10 Å². The van der Waals surface area contributed by atoms with Crippen molar-refractivity contribution < 1.29 is 14.6 Å². The lowest BCUT2D eigenvalue weighted by atomic mass is 10.2. The van der Waals surface area contributed by atoms with Gasteiger partial charge in [-0.1, -0.05) is 23.7 Å². The number of aromatic nitrogens is 1. The van der Waals surface area contributed by atoms with Gasteiger partial charge in [0.25, 0.3) is 0 Å². The summed E-state index contributed by atoms with van der Waals surface area (Å²) in [5.41, 5.74) is 1.22. The molecule has 0 bridgehead atoms. The van der Waals surface area contributed by atoms with Gasteiger partial charge in [0.1, 0.15) is 42.4 Å².